The summed E-state index contributed by atoms with van der Waals surface area (Å²) in [6.45, 7) is 0.293. The Labute approximate surface area is 243 Å². The molecule has 0 spiro atoms. The van der Waals surface area contributed by atoms with Crippen molar-refractivity contribution in [3.8, 4) is 16.9 Å². The van der Waals surface area contributed by atoms with E-state index in [-0.39, 0.29) is 30.5 Å². The smallest absolute Gasteiger partial charge is 0.261 e. The van der Waals surface area contributed by atoms with Gasteiger partial charge in [-0.2, -0.15) is 4.98 Å². The molecule has 9 nitrogen and oxygen atoms in total. The molecule has 0 fully saturated rings. The van der Waals surface area contributed by atoms with Crippen LogP contribution in [0.3, 0.4) is 0 Å². The normalized spacial score (nSPS) is 12.6. The van der Waals surface area contributed by atoms with Gasteiger partial charge in [-0.3, -0.25) is 23.9 Å². The third-order valence-corrected chi connectivity index (χ3v) is 7.38. The summed E-state index contributed by atoms with van der Waals surface area (Å²) >= 11 is 12.7. The molecule has 0 saturated carbocycles. The molecule has 11 heteroatoms. The first-order chi connectivity index (χ1) is 19.8. The van der Waals surface area contributed by atoms with Crippen LogP contribution in [0.5, 0.6) is 5.75 Å². The van der Waals surface area contributed by atoms with E-state index in [2.05, 4.69) is 15.3 Å². The van der Waals surface area contributed by atoms with Gasteiger partial charge in [0.25, 0.3) is 17.4 Å². The van der Waals surface area contributed by atoms with Crippen molar-refractivity contribution in [1.82, 2.24) is 19.4 Å². The predicted octanol–water partition coefficient (Wildman–Crippen LogP) is 5.72. The Morgan fingerprint density at radius 2 is 1.51 bits per heavy atom. The second-order valence-corrected chi connectivity index (χ2v) is 10.1. The predicted molar refractivity (Wildman–Crippen MR) is 157 cm³/mol. The molecule has 1 aliphatic heterocycles. The number of imide groups is 1. The third kappa shape index (κ3) is 4.90. The highest BCUT2D eigenvalue weighted by molar-refractivity contribution is 6.39. The minimum atomic E-state index is -0.314. The van der Waals surface area contributed by atoms with Gasteiger partial charge in [0.05, 0.1) is 33.3 Å². The van der Waals surface area contributed by atoms with Crippen LogP contribution in [0.1, 0.15) is 20.7 Å². The molecule has 5 aromatic rings. The lowest BCUT2D eigenvalue weighted by Crippen LogP contribution is -2.33. The number of carbonyl (C=O) groups is 2. The van der Waals surface area contributed by atoms with Gasteiger partial charge in [0, 0.05) is 29.9 Å². The summed E-state index contributed by atoms with van der Waals surface area (Å²) in [5.74, 6) is 0.242. The molecule has 2 aromatic heterocycles. The Morgan fingerprint density at radius 3 is 2.17 bits per heavy atom. The SMILES string of the molecule is Cn1c(=O)c(-c2c(Cl)cccc2Cl)cc2cnc(Nc3ccc(OCCN4C(=O)c5ccccc5C4=O)cc3)nc21. The molecule has 6 rings (SSSR count). The van der Waals surface area contributed by atoms with E-state index in [9.17, 15) is 14.4 Å². The molecular formula is C30H21Cl2N5O4. The van der Waals surface area contributed by atoms with Crippen LogP contribution in [0.25, 0.3) is 22.2 Å². The number of nitrogens with zero attached hydrogens (tertiary/aromatic N) is 4. The number of halogens is 2. The average molecular weight is 586 g/mol. The minimum Gasteiger partial charge on any atom is -0.492 e. The van der Waals surface area contributed by atoms with Crippen molar-refractivity contribution in [2.24, 2.45) is 7.05 Å². The summed E-state index contributed by atoms with van der Waals surface area (Å²) in [6.07, 6.45) is 1.62. The van der Waals surface area contributed by atoms with Crippen molar-refractivity contribution in [1.29, 1.82) is 0 Å². The zero-order valence-electron chi connectivity index (χ0n) is 21.6. The van der Waals surface area contributed by atoms with Gasteiger partial charge in [-0.1, -0.05) is 41.4 Å². The summed E-state index contributed by atoms with van der Waals surface area (Å²) in [7, 11) is 1.63. The number of aromatic nitrogens is 3. The highest BCUT2D eigenvalue weighted by atomic mass is 35.5. The molecule has 41 heavy (non-hydrogen) atoms. The second-order valence-electron chi connectivity index (χ2n) is 9.30. The van der Waals surface area contributed by atoms with Gasteiger partial charge in [0.15, 0.2) is 0 Å². The van der Waals surface area contributed by atoms with Crippen LogP contribution in [-0.2, 0) is 7.05 Å². The van der Waals surface area contributed by atoms with Crippen LogP contribution in [0, 0.1) is 0 Å². The third-order valence-electron chi connectivity index (χ3n) is 6.75. The Balaban J connectivity index is 1.13. The van der Waals surface area contributed by atoms with Gasteiger partial charge in [-0.25, -0.2) is 4.98 Å². The van der Waals surface area contributed by atoms with Crippen LogP contribution in [0.15, 0.2) is 83.8 Å². The number of benzene rings is 3. The van der Waals surface area contributed by atoms with Crippen LogP contribution >= 0.6 is 23.2 Å². The molecule has 0 atom stereocenters. The lowest BCUT2D eigenvalue weighted by atomic mass is 10.1. The average Bonchev–Trinajstić information content (AvgIpc) is 3.21. The molecule has 3 aromatic carbocycles. The number of rotatable bonds is 7. The van der Waals surface area contributed by atoms with Gasteiger partial charge >= 0.3 is 0 Å². The summed E-state index contributed by atoms with van der Waals surface area (Å²) in [4.78, 5) is 48.3. The van der Waals surface area contributed by atoms with E-state index in [0.29, 0.717) is 60.7 Å². The first kappa shape index (κ1) is 26.5. The maximum Gasteiger partial charge on any atom is 0.261 e. The minimum absolute atomic E-state index is 0.139. The highest BCUT2D eigenvalue weighted by Gasteiger charge is 2.34. The highest BCUT2D eigenvalue weighted by Crippen LogP contribution is 2.34. The van der Waals surface area contributed by atoms with Crippen molar-refractivity contribution >= 4 is 57.7 Å². The van der Waals surface area contributed by atoms with Crippen molar-refractivity contribution in [2.75, 3.05) is 18.5 Å². The maximum atomic E-state index is 13.2. The molecule has 0 aliphatic carbocycles. The quantitative estimate of drug-likeness (QED) is 0.243. The molecule has 0 unspecified atom stereocenters. The number of nitrogens with one attached hydrogen (secondary N) is 1. The van der Waals surface area contributed by atoms with E-state index in [1.54, 1.807) is 86.0 Å². The van der Waals surface area contributed by atoms with E-state index in [1.807, 2.05) is 0 Å². The van der Waals surface area contributed by atoms with E-state index in [0.717, 1.165) is 0 Å². The van der Waals surface area contributed by atoms with E-state index < -0.39 is 0 Å². The van der Waals surface area contributed by atoms with Crippen LogP contribution < -0.4 is 15.6 Å². The fourth-order valence-corrected chi connectivity index (χ4v) is 5.30. The summed E-state index contributed by atoms with van der Waals surface area (Å²) in [5, 5.41) is 4.53. The monoisotopic (exact) mass is 585 g/mol. The van der Waals surface area contributed by atoms with Crippen molar-refractivity contribution in [2.45, 2.75) is 0 Å². The van der Waals surface area contributed by atoms with Crippen LogP contribution in [0.2, 0.25) is 10.0 Å². The molecule has 204 valence electrons. The van der Waals surface area contributed by atoms with Crippen molar-refractivity contribution in [3.05, 3.63) is 111 Å². The Kier molecular flexibility index (Phi) is 6.90. The molecular weight excluding hydrogens is 565 g/mol. The van der Waals surface area contributed by atoms with Gasteiger partial charge in [-0.15, -0.1) is 0 Å². The largest absolute Gasteiger partial charge is 0.492 e. The maximum absolute atomic E-state index is 13.2. The molecule has 1 aliphatic rings. The Hall–Kier alpha value is -4.73. The van der Waals surface area contributed by atoms with Crippen LogP contribution in [0.4, 0.5) is 11.6 Å². The number of ether oxygens (including phenoxy) is 1. The zero-order chi connectivity index (χ0) is 28.7. The molecule has 0 saturated heterocycles. The number of fused-ring (bicyclic) bond motifs is 2. The molecule has 0 radical (unpaired) electrons. The molecule has 0 bridgehead atoms. The van der Waals surface area contributed by atoms with Gasteiger partial charge in [0.2, 0.25) is 5.95 Å². The van der Waals surface area contributed by atoms with Crippen LogP contribution in [-0.4, -0.2) is 44.4 Å². The van der Waals surface area contributed by atoms with Gasteiger partial charge in [-0.05, 0) is 54.6 Å². The number of hydrogen-bond acceptors (Lipinski definition) is 7. The number of hydrogen-bond donors (Lipinski definition) is 1. The van der Waals surface area contributed by atoms with Crippen molar-refractivity contribution in [3.63, 3.8) is 0 Å². The number of anilines is 2. The molecule has 2 amide bonds. The number of aryl methyl sites for hydroxylation is 1. The number of amides is 2. The van der Waals surface area contributed by atoms with E-state index in [4.69, 9.17) is 27.9 Å². The topological polar surface area (TPSA) is 106 Å². The molecule has 1 N–H and O–H groups in total. The van der Waals surface area contributed by atoms with Gasteiger partial charge < -0.3 is 10.1 Å². The lowest BCUT2D eigenvalue weighted by Gasteiger charge is -2.14. The summed E-state index contributed by atoms with van der Waals surface area (Å²) in [6, 6.07) is 20.6. The Morgan fingerprint density at radius 1 is 0.854 bits per heavy atom. The lowest BCUT2D eigenvalue weighted by molar-refractivity contribution is 0.0631. The zero-order valence-corrected chi connectivity index (χ0v) is 23.1. The van der Waals surface area contributed by atoms with Crippen molar-refractivity contribution < 1.29 is 14.3 Å². The Bertz CT molecular complexity index is 1850. The number of carbonyl (C=O) groups excluding carboxylic acids is 2. The summed E-state index contributed by atoms with van der Waals surface area (Å²) < 4.78 is 7.19. The van der Waals surface area contributed by atoms with Gasteiger partial charge in [0.1, 0.15) is 18.0 Å². The fraction of sp³-hybridized carbons (Fsp3) is 0.100. The second kappa shape index (κ2) is 10.7. The molecule has 3 heterocycles. The van der Waals surface area contributed by atoms with E-state index in [1.165, 1.54) is 9.47 Å². The first-order valence-corrected chi connectivity index (χ1v) is 13.3. The first-order valence-electron chi connectivity index (χ1n) is 12.6. The number of pyridine rings is 1. The van der Waals surface area contributed by atoms with E-state index >= 15 is 0 Å². The standard InChI is InChI=1S/C30H21Cl2N5O4/c1-36-26-17(15-22(27(36)38)25-23(31)7-4-8-24(25)32)16-33-30(35-26)34-18-9-11-19(12-10-18)41-14-13-37-28(39)20-5-2-3-6-21(20)29(37)40/h2-12,15-16H,13-14H2,1H3,(H,33,34,35). The fourth-order valence-electron chi connectivity index (χ4n) is 4.70. The summed E-state index contributed by atoms with van der Waals surface area (Å²) in [5.41, 5.74) is 2.49.